The van der Waals surface area contributed by atoms with E-state index in [1.807, 2.05) is 0 Å². The molecule has 0 amide bonds. The van der Waals surface area contributed by atoms with Gasteiger partial charge in [0.15, 0.2) is 11.5 Å². The molecule has 1 aliphatic rings. The second-order valence-electron chi connectivity index (χ2n) is 3.74. The minimum absolute atomic E-state index is 0.810. The number of fused-ring (bicyclic) bond motifs is 1. The summed E-state index contributed by atoms with van der Waals surface area (Å²) in [4.78, 5) is 0. The maximum absolute atomic E-state index is 5.28. The van der Waals surface area contributed by atoms with E-state index in [-0.39, 0.29) is 0 Å². The van der Waals surface area contributed by atoms with Crippen LogP contribution >= 0.6 is 0 Å². The predicted octanol–water partition coefficient (Wildman–Crippen LogP) is 3.05. The molecule has 0 spiro atoms. The van der Waals surface area contributed by atoms with Crippen molar-refractivity contribution < 1.29 is 9.47 Å². The van der Waals surface area contributed by atoms with Crippen molar-refractivity contribution in [2.24, 2.45) is 0 Å². The first-order valence-corrected chi connectivity index (χ1v) is 5.22. The maximum Gasteiger partial charge on any atom is 0.161 e. The van der Waals surface area contributed by atoms with Crippen LogP contribution in [0.3, 0.4) is 0 Å². The lowest BCUT2D eigenvalue weighted by Gasteiger charge is -2.09. The van der Waals surface area contributed by atoms with E-state index in [0.29, 0.717) is 0 Å². The Balaban J connectivity index is 2.42. The van der Waals surface area contributed by atoms with Gasteiger partial charge in [0, 0.05) is 0 Å². The monoisotopic (exact) mass is 204 g/mol. The maximum atomic E-state index is 5.28. The van der Waals surface area contributed by atoms with Crippen molar-refractivity contribution in [3.63, 3.8) is 0 Å². The van der Waals surface area contributed by atoms with E-state index in [2.05, 4.69) is 25.1 Å². The third-order valence-corrected chi connectivity index (χ3v) is 2.88. The van der Waals surface area contributed by atoms with Gasteiger partial charge in [-0.25, -0.2) is 0 Å². The first-order valence-electron chi connectivity index (χ1n) is 5.22. The summed E-state index contributed by atoms with van der Waals surface area (Å²) in [5, 5.41) is 0. The van der Waals surface area contributed by atoms with Gasteiger partial charge in [0.2, 0.25) is 0 Å². The molecular formula is C13H16O2. The minimum atomic E-state index is 0.810. The Kier molecular flexibility index (Phi) is 2.67. The molecule has 1 aromatic rings. The number of allylic oxidation sites excluding steroid dienone is 1. The number of methoxy groups -OCH3 is 2. The van der Waals surface area contributed by atoms with Crippen LogP contribution in [-0.4, -0.2) is 14.2 Å². The van der Waals surface area contributed by atoms with Crippen LogP contribution in [0.4, 0.5) is 0 Å². The molecule has 1 aliphatic carbocycles. The van der Waals surface area contributed by atoms with E-state index in [9.17, 15) is 0 Å². The predicted molar refractivity (Wildman–Crippen MR) is 61.5 cm³/mol. The summed E-state index contributed by atoms with van der Waals surface area (Å²) >= 11 is 0. The summed E-state index contributed by atoms with van der Waals surface area (Å²) in [6.07, 6.45) is 4.41. The molecular weight excluding hydrogens is 188 g/mol. The van der Waals surface area contributed by atoms with Gasteiger partial charge >= 0.3 is 0 Å². The average Bonchev–Trinajstić information content (AvgIpc) is 2.68. The molecule has 0 saturated heterocycles. The molecule has 0 saturated carbocycles. The Bertz CT molecular complexity index is 405. The van der Waals surface area contributed by atoms with Crippen molar-refractivity contribution in [3.8, 4) is 11.5 Å². The molecule has 0 radical (unpaired) electrons. The van der Waals surface area contributed by atoms with Crippen LogP contribution in [-0.2, 0) is 6.42 Å². The van der Waals surface area contributed by atoms with E-state index >= 15 is 0 Å². The Morgan fingerprint density at radius 3 is 2.40 bits per heavy atom. The number of benzene rings is 1. The molecule has 0 fully saturated rings. The second-order valence-corrected chi connectivity index (χ2v) is 3.74. The van der Waals surface area contributed by atoms with E-state index in [1.54, 1.807) is 14.2 Å². The van der Waals surface area contributed by atoms with Gasteiger partial charge in [0.25, 0.3) is 0 Å². The number of rotatable bonds is 3. The highest BCUT2D eigenvalue weighted by molar-refractivity contribution is 5.67. The van der Waals surface area contributed by atoms with Crippen LogP contribution in [0.25, 0.3) is 6.08 Å². The fraction of sp³-hybridized carbons (Fsp3) is 0.385. The summed E-state index contributed by atoms with van der Waals surface area (Å²) in [7, 11) is 3.34. The summed E-state index contributed by atoms with van der Waals surface area (Å²) in [5.74, 6) is 1.63. The molecule has 2 heteroatoms. The topological polar surface area (TPSA) is 18.5 Å². The van der Waals surface area contributed by atoms with E-state index < -0.39 is 0 Å². The zero-order chi connectivity index (χ0) is 10.8. The Labute approximate surface area is 90.5 Å². The van der Waals surface area contributed by atoms with Crippen molar-refractivity contribution in [3.05, 3.63) is 28.8 Å². The van der Waals surface area contributed by atoms with Gasteiger partial charge in [-0.3, -0.25) is 0 Å². The SMILES string of the molecule is CCC1=Cc2cc(OC)c(OC)cc2C1. The Morgan fingerprint density at radius 2 is 1.80 bits per heavy atom. The van der Waals surface area contributed by atoms with E-state index in [0.717, 1.165) is 24.3 Å². The highest BCUT2D eigenvalue weighted by Crippen LogP contribution is 2.36. The molecule has 0 heterocycles. The lowest BCUT2D eigenvalue weighted by molar-refractivity contribution is 0.354. The number of ether oxygens (including phenoxy) is 2. The average molecular weight is 204 g/mol. The summed E-state index contributed by atoms with van der Waals surface area (Å²) in [6.45, 7) is 2.19. The van der Waals surface area contributed by atoms with Gasteiger partial charge in [0.1, 0.15) is 0 Å². The minimum Gasteiger partial charge on any atom is -0.493 e. The first-order chi connectivity index (χ1) is 7.28. The zero-order valence-corrected chi connectivity index (χ0v) is 9.46. The summed E-state index contributed by atoms with van der Waals surface area (Å²) < 4.78 is 10.6. The van der Waals surface area contributed by atoms with Crippen LogP contribution in [0.15, 0.2) is 17.7 Å². The number of hydrogen-bond acceptors (Lipinski definition) is 2. The van der Waals surface area contributed by atoms with Crippen molar-refractivity contribution in [1.82, 2.24) is 0 Å². The van der Waals surface area contributed by atoms with Crippen LogP contribution in [0.1, 0.15) is 24.5 Å². The van der Waals surface area contributed by atoms with Gasteiger partial charge < -0.3 is 9.47 Å². The van der Waals surface area contributed by atoms with Gasteiger partial charge in [-0.2, -0.15) is 0 Å². The van der Waals surface area contributed by atoms with Crippen LogP contribution in [0, 0.1) is 0 Å². The molecule has 0 bridgehead atoms. The van der Waals surface area contributed by atoms with Crippen LogP contribution < -0.4 is 9.47 Å². The lowest BCUT2D eigenvalue weighted by atomic mass is 10.1. The quantitative estimate of drug-likeness (QED) is 0.753. The van der Waals surface area contributed by atoms with Crippen molar-refractivity contribution >= 4 is 6.08 Å². The van der Waals surface area contributed by atoms with Gasteiger partial charge in [-0.15, -0.1) is 0 Å². The van der Waals surface area contributed by atoms with Crippen molar-refractivity contribution in [2.45, 2.75) is 19.8 Å². The Morgan fingerprint density at radius 1 is 1.13 bits per heavy atom. The first kappa shape index (κ1) is 10.1. The van der Waals surface area contributed by atoms with Crippen molar-refractivity contribution in [1.29, 1.82) is 0 Å². The van der Waals surface area contributed by atoms with Crippen LogP contribution in [0.2, 0.25) is 0 Å². The highest BCUT2D eigenvalue weighted by Gasteiger charge is 2.15. The third-order valence-electron chi connectivity index (χ3n) is 2.88. The zero-order valence-electron chi connectivity index (χ0n) is 9.46. The van der Waals surface area contributed by atoms with E-state index in [1.165, 1.54) is 16.7 Å². The van der Waals surface area contributed by atoms with Gasteiger partial charge in [-0.05, 0) is 36.1 Å². The molecule has 2 nitrogen and oxygen atoms in total. The molecule has 0 atom stereocenters. The fourth-order valence-corrected chi connectivity index (χ4v) is 1.97. The summed E-state index contributed by atoms with van der Waals surface area (Å²) in [6, 6.07) is 4.13. The second kappa shape index (κ2) is 3.97. The molecule has 2 rings (SSSR count). The molecule has 80 valence electrons. The summed E-state index contributed by atoms with van der Waals surface area (Å²) in [5.41, 5.74) is 4.08. The van der Waals surface area contributed by atoms with Gasteiger partial charge in [0.05, 0.1) is 14.2 Å². The molecule has 0 aliphatic heterocycles. The lowest BCUT2D eigenvalue weighted by Crippen LogP contribution is -1.93. The molecule has 0 N–H and O–H groups in total. The van der Waals surface area contributed by atoms with Crippen LogP contribution in [0.5, 0.6) is 11.5 Å². The third kappa shape index (κ3) is 1.72. The standard InChI is InChI=1S/C13H16O2/c1-4-9-5-10-7-12(14-2)13(15-3)8-11(10)6-9/h5,7-8H,4,6H2,1-3H3. The number of hydrogen-bond donors (Lipinski definition) is 0. The molecule has 15 heavy (non-hydrogen) atoms. The molecule has 0 unspecified atom stereocenters. The highest BCUT2D eigenvalue weighted by atomic mass is 16.5. The molecule has 0 aromatic heterocycles. The normalized spacial score (nSPS) is 13.4. The Hall–Kier alpha value is -1.44. The molecule has 1 aromatic carbocycles. The fourth-order valence-electron chi connectivity index (χ4n) is 1.97. The smallest absolute Gasteiger partial charge is 0.161 e. The van der Waals surface area contributed by atoms with Gasteiger partial charge in [-0.1, -0.05) is 18.6 Å². The van der Waals surface area contributed by atoms with Crippen molar-refractivity contribution in [2.75, 3.05) is 14.2 Å². The largest absolute Gasteiger partial charge is 0.493 e. The van der Waals surface area contributed by atoms with E-state index in [4.69, 9.17) is 9.47 Å².